The zero-order valence-corrected chi connectivity index (χ0v) is 10.6. The van der Waals surface area contributed by atoms with Gasteiger partial charge in [-0.15, -0.1) is 0 Å². The number of hydrogen-bond acceptors (Lipinski definition) is 3. The van der Waals surface area contributed by atoms with Crippen LogP contribution in [-0.4, -0.2) is 13.2 Å². The maximum Gasteiger partial charge on any atom is 0.137 e. The van der Waals surface area contributed by atoms with Crippen molar-refractivity contribution >= 4 is 11.0 Å². The smallest absolute Gasteiger partial charge is 0.137 e. The summed E-state index contributed by atoms with van der Waals surface area (Å²) in [6.45, 7) is 4.05. The number of aryl methyl sites for hydroxylation is 1. The van der Waals surface area contributed by atoms with E-state index in [1.165, 1.54) is 0 Å². The minimum atomic E-state index is -0.114. The third-order valence-electron chi connectivity index (χ3n) is 3.11. The molecular formula is C14H19NO2. The van der Waals surface area contributed by atoms with Gasteiger partial charge in [-0.3, -0.25) is 0 Å². The highest BCUT2D eigenvalue weighted by Gasteiger charge is 2.15. The fourth-order valence-electron chi connectivity index (χ4n) is 1.98. The Morgan fingerprint density at radius 3 is 2.82 bits per heavy atom. The molecule has 1 aromatic heterocycles. The van der Waals surface area contributed by atoms with E-state index < -0.39 is 0 Å². The first-order chi connectivity index (χ1) is 8.11. The Morgan fingerprint density at radius 2 is 2.18 bits per heavy atom. The van der Waals surface area contributed by atoms with Crippen molar-refractivity contribution in [1.29, 1.82) is 0 Å². The van der Waals surface area contributed by atoms with Gasteiger partial charge in [0.2, 0.25) is 0 Å². The fraction of sp³-hybridized carbons (Fsp3) is 0.429. The van der Waals surface area contributed by atoms with Gasteiger partial charge in [0, 0.05) is 12.5 Å². The predicted octanol–water partition coefficient (Wildman–Crippen LogP) is 3.17. The second-order valence-electron chi connectivity index (χ2n) is 4.53. The Hall–Kier alpha value is -1.32. The first-order valence-electron chi connectivity index (χ1n) is 5.89. The molecule has 17 heavy (non-hydrogen) atoms. The van der Waals surface area contributed by atoms with Crippen LogP contribution in [0.15, 0.2) is 28.7 Å². The van der Waals surface area contributed by atoms with E-state index in [0.29, 0.717) is 0 Å². The highest BCUT2D eigenvalue weighted by molar-refractivity contribution is 5.80. The fourth-order valence-corrected chi connectivity index (χ4v) is 1.98. The van der Waals surface area contributed by atoms with Crippen LogP contribution in [0.25, 0.3) is 11.0 Å². The zero-order chi connectivity index (χ0) is 12.4. The standard InChI is InChI=1S/C14H19NO2/c1-9-5-4-6-11-8-13(17-14(9)11)12(15)7-10(2)16-3/h4-6,8,10,12H,7,15H2,1-3H3. The van der Waals surface area contributed by atoms with E-state index in [1.807, 2.05) is 38.1 Å². The molecule has 0 bridgehead atoms. The van der Waals surface area contributed by atoms with E-state index >= 15 is 0 Å². The molecule has 2 rings (SSSR count). The maximum atomic E-state index is 6.11. The molecule has 2 aromatic rings. The van der Waals surface area contributed by atoms with Gasteiger partial charge in [-0.1, -0.05) is 18.2 Å². The molecule has 0 aliphatic rings. The highest BCUT2D eigenvalue weighted by Crippen LogP contribution is 2.27. The molecule has 2 unspecified atom stereocenters. The highest BCUT2D eigenvalue weighted by atomic mass is 16.5. The predicted molar refractivity (Wildman–Crippen MR) is 69.0 cm³/mol. The van der Waals surface area contributed by atoms with Crippen LogP contribution in [0.3, 0.4) is 0 Å². The molecule has 2 atom stereocenters. The van der Waals surface area contributed by atoms with E-state index in [0.717, 1.165) is 28.7 Å². The van der Waals surface area contributed by atoms with Gasteiger partial charge in [0.1, 0.15) is 11.3 Å². The summed E-state index contributed by atoms with van der Waals surface area (Å²) in [5.41, 5.74) is 8.18. The number of ether oxygens (including phenoxy) is 1. The van der Waals surface area contributed by atoms with Crippen molar-refractivity contribution < 1.29 is 9.15 Å². The Balaban J connectivity index is 2.27. The summed E-state index contributed by atoms with van der Waals surface area (Å²) >= 11 is 0. The topological polar surface area (TPSA) is 48.4 Å². The minimum absolute atomic E-state index is 0.114. The molecule has 1 heterocycles. The average molecular weight is 233 g/mol. The van der Waals surface area contributed by atoms with Crippen LogP contribution in [0.5, 0.6) is 0 Å². The van der Waals surface area contributed by atoms with E-state index in [-0.39, 0.29) is 12.1 Å². The molecule has 3 heteroatoms. The average Bonchev–Trinajstić information content (AvgIpc) is 2.74. The molecule has 0 radical (unpaired) electrons. The van der Waals surface area contributed by atoms with Gasteiger partial charge in [0.15, 0.2) is 0 Å². The molecule has 0 saturated carbocycles. The number of nitrogens with two attached hydrogens (primary N) is 1. The largest absolute Gasteiger partial charge is 0.459 e. The first-order valence-corrected chi connectivity index (χ1v) is 5.89. The van der Waals surface area contributed by atoms with E-state index in [4.69, 9.17) is 14.9 Å². The monoisotopic (exact) mass is 233 g/mol. The van der Waals surface area contributed by atoms with Crippen molar-refractivity contribution in [3.63, 3.8) is 0 Å². The summed E-state index contributed by atoms with van der Waals surface area (Å²) in [5, 5.41) is 1.11. The number of fused-ring (bicyclic) bond motifs is 1. The van der Waals surface area contributed by atoms with Gasteiger partial charge >= 0.3 is 0 Å². The summed E-state index contributed by atoms with van der Waals surface area (Å²) in [4.78, 5) is 0. The lowest BCUT2D eigenvalue weighted by Crippen LogP contribution is -2.17. The van der Waals surface area contributed by atoms with Crippen molar-refractivity contribution in [2.45, 2.75) is 32.4 Å². The van der Waals surface area contributed by atoms with Crippen LogP contribution in [0.4, 0.5) is 0 Å². The molecule has 0 fully saturated rings. The Labute approximate surface area is 102 Å². The minimum Gasteiger partial charge on any atom is -0.459 e. The number of rotatable bonds is 4. The van der Waals surface area contributed by atoms with Crippen LogP contribution in [-0.2, 0) is 4.74 Å². The van der Waals surface area contributed by atoms with Gasteiger partial charge in [0.05, 0.1) is 12.1 Å². The van der Waals surface area contributed by atoms with Gasteiger partial charge < -0.3 is 14.9 Å². The lowest BCUT2D eigenvalue weighted by molar-refractivity contribution is 0.102. The molecule has 0 saturated heterocycles. The lowest BCUT2D eigenvalue weighted by Gasteiger charge is -2.13. The van der Waals surface area contributed by atoms with Gasteiger partial charge in [0.25, 0.3) is 0 Å². The Bertz CT molecular complexity index is 504. The van der Waals surface area contributed by atoms with Crippen LogP contribution >= 0.6 is 0 Å². The summed E-state index contributed by atoms with van der Waals surface area (Å²) in [5.74, 6) is 0.832. The molecule has 92 valence electrons. The van der Waals surface area contributed by atoms with Crippen molar-refractivity contribution in [3.05, 3.63) is 35.6 Å². The molecule has 1 aromatic carbocycles. The van der Waals surface area contributed by atoms with Gasteiger partial charge in [-0.25, -0.2) is 0 Å². The maximum absolute atomic E-state index is 6.11. The molecule has 0 aliphatic heterocycles. The Morgan fingerprint density at radius 1 is 1.41 bits per heavy atom. The normalized spacial score (nSPS) is 15.1. The molecular weight excluding hydrogens is 214 g/mol. The molecule has 0 spiro atoms. The quantitative estimate of drug-likeness (QED) is 0.882. The third kappa shape index (κ3) is 2.51. The van der Waals surface area contributed by atoms with E-state index in [1.54, 1.807) is 7.11 Å². The van der Waals surface area contributed by atoms with Crippen LogP contribution in [0.2, 0.25) is 0 Å². The van der Waals surface area contributed by atoms with Crippen molar-refractivity contribution in [1.82, 2.24) is 0 Å². The van der Waals surface area contributed by atoms with Crippen molar-refractivity contribution in [3.8, 4) is 0 Å². The molecule has 0 aliphatic carbocycles. The van der Waals surface area contributed by atoms with Crippen LogP contribution < -0.4 is 5.73 Å². The summed E-state index contributed by atoms with van der Waals surface area (Å²) in [6.07, 6.45) is 0.898. The summed E-state index contributed by atoms with van der Waals surface area (Å²) in [6, 6.07) is 8.02. The summed E-state index contributed by atoms with van der Waals surface area (Å²) in [7, 11) is 1.69. The number of hydrogen-bond donors (Lipinski definition) is 1. The number of benzene rings is 1. The van der Waals surface area contributed by atoms with E-state index in [2.05, 4.69) is 0 Å². The molecule has 0 amide bonds. The first kappa shape index (κ1) is 12.1. The van der Waals surface area contributed by atoms with Gasteiger partial charge in [-0.05, 0) is 31.9 Å². The Kier molecular flexibility index (Phi) is 3.50. The zero-order valence-electron chi connectivity index (χ0n) is 10.6. The van der Waals surface area contributed by atoms with Crippen LogP contribution in [0.1, 0.15) is 30.7 Å². The lowest BCUT2D eigenvalue weighted by atomic mass is 10.1. The molecule has 2 N–H and O–H groups in total. The summed E-state index contributed by atoms with van der Waals surface area (Å²) < 4.78 is 11.0. The molecule has 3 nitrogen and oxygen atoms in total. The van der Waals surface area contributed by atoms with Gasteiger partial charge in [-0.2, -0.15) is 0 Å². The number of methoxy groups -OCH3 is 1. The van der Waals surface area contributed by atoms with E-state index in [9.17, 15) is 0 Å². The van der Waals surface area contributed by atoms with Crippen molar-refractivity contribution in [2.24, 2.45) is 5.73 Å². The number of para-hydroxylation sites is 1. The number of furan rings is 1. The SMILES string of the molecule is COC(C)CC(N)c1cc2cccc(C)c2o1. The second kappa shape index (κ2) is 4.90. The third-order valence-corrected chi connectivity index (χ3v) is 3.11. The van der Waals surface area contributed by atoms with Crippen LogP contribution in [0, 0.1) is 6.92 Å². The van der Waals surface area contributed by atoms with Crippen molar-refractivity contribution in [2.75, 3.05) is 7.11 Å². The second-order valence-corrected chi connectivity index (χ2v) is 4.53.